The Morgan fingerprint density at radius 3 is 2.50 bits per heavy atom. The topological polar surface area (TPSA) is 17.3 Å². The Labute approximate surface area is 107 Å². The third-order valence-corrected chi connectivity index (χ3v) is 3.48. The molecule has 1 aromatic carbocycles. The van der Waals surface area contributed by atoms with Crippen LogP contribution in [0, 0.1) is 20.8 Å². The molecule has 0 N–H and O–H groups in total. The Morgan fingerprint density at radius 1 is 0.944 bits per heavy atom. The highest BCUT2D eigenvalue weighted by Crippen LogP contribution is 2.25. The highest BCUT2D eigenvalue weighted by atomic mass is 15.0. The Bertz CT molecular complexity index is 690. The zero-order chi connectivity index (χ0) is 12.7. The van der Waals surface area contributed by atoms with E-state index in [1.807, 2.05) is 24.4 Å². The number of pyridine rings is 1. The number of fused-ring (bicyclic) bond motifs is 1. The second kappa shape index (κ2) is 3.98. The first-order valence-electron chi connectivity index (χ1n) is 6.17. The third kappa shape index (κ3) is 1.70. The number of hydrogen-bond acceptors (Lipinski definition) is 1. The predicted octanol–water partition coefficient (Wildman–Crippen LogP) is 3.93. The number of hydrogen-bond donors (Lipinski definition) is 0. The summed E-state index contributed by atoms with van der Waals surface area (Å²) in [6, 6.07) is 10.5. The first-order valence-corrected chi connectivity index (χ1v) is 6.17. The minimum atomic E-state index is 0.991. The molecule has 0 aliphatic heterocycles. The van der Waals surface area contributed by atoms with Crippen molar-refractivity contribution >= 4 is 5.65 Å². The van der Waals surface area contributed by atoms with E-state index in [4.69, 9.17) is 0 Å². The number of rotatable bonds is 1. The fourth-order valence-corrected chi connectivity index (χ4v) is 2.30. The van der Waals surface area contributed by atoms with Crippen molar-refractivity contribution in [3.8, 4) is 11.3 Å². The highest BCUT2D eigenvalue weighted by molar-refractivity contribution is 5.67. The van der Waals surface area contributed by atoms with Gasteiger partial charge in [0.05, 0.1) is 5.69 Å². The van der Waals surface area contributed by atoms with E-state index >= 15 is 0 Å². The number of nitrogens with zero attached hydrogens (tertiary/aromatic N) is 2. The van der Waals surface area contributed by atoms with Gasteiger partial charge in [-0.3, -0.25) is 0 Å². The van der Waals surface area contributed by atoms with Crippen LogP contribution >= 0.6 is 0 Å². The van der Waals surface area contributed by atoms with E-state index in [0.29, 0.717) is 0 Å². The summed E-state index contributed by atoms with van der Waals surface area (Å²) in [4.78, 5) is 4.68. The number of aryl methyl sites for hydroxylation is 3. The fraction of sp³-hybridized carbons (Fsp3) is 0.188. The van der Waals surface area contributed by atoms with Crippen molar-refractivity contribution in [1.82, 2.24) is 9.38 Å². The first-order chi connectivity index (χ1) is 8.65. The summed E-state index contributed by atoms with van der Waals surface area (Å²) in [7, 11) is 0. The van der Waals surface area contributed by atoms with Gasteiger partial charge in [-0.2, -0.15) is 0 Å². The van der Waals surface area contributed by atoms with Crippen molar-refractivity contribution in [2.45, 2.75) is 20.8 Å². The summed E-state index contributed by atoms with van der Waals surface area (Å²) >= 11 is 0. The lowest BCUT2D eigenvalue weighted by atomic mass is 9.99. The van der Waals surface area contributed by atoms with Gasteiger partial charge in [0, 0.05) is 18.0 Å². The summed E-state index contributed by atoms with van der Waals surface area (Å²) in [6.07, 6.45) is 4.12. The molecule has 0 bridgehead atoms. The molecule has 0 aliphatic rings. The molecular weight excluding hydrogens is 220 g/mol. The molecule has 2 heteroatoms. The lowest BCUT2D eigenvalue weighted by molar-refractivity contribution is 1.19. The van der Waals surface area contributed by atoms with Crippen LogP contribution in [0.2, 0.25) is 0 Å². The Hall–Kier alpha value is -2.09. The molecule has 2 aromatic heterocycles. The Kier molecular flexibility index (Phi) is 2.44. The quantitative estimate of drug-likeness (QED) is 0.626. The normalized spacial score (nSPS) is 11.1. The summed E-state index contributed by atoms with van der Waals surface area (Å²) in [5.74, 6) is 0. The van der Waals surface area contributed by atoms with Gasteiger partial charge in [0.15, 0.2) is 0 Å². The van der Waals surface area contributed by atoms with Crippen LogP contribution in [-0.2, 0) is 0 Å². The van der Waals surface area contributed by atoms with Crippen molar-refractivity contribution in [3.05, 3.63) is 59.4 Å². The van der Waals surface area contributed by atoms with E-state index in [2.05, 4.69) is 48.5 Å². The van der Waals surface area contributed by atoms with Crippen LogP contribution in [0.15, 0.2) is 42.7 Å². The van der Waals surface area contributed by atoms with E-state index in [0.717, 1.165) is 11.3 Å². The van der Waals surface area contributed by atoms with Crippen LogP contribution < -0.4 is 0 Å². The van der Waals surface area contributed by atoms with Crippen molar-refractivity contribution in [3.63, 3.8) is 0 Å². The molecule has 0 fully saturated rings. The van der Waals surface area contributed by atoms with Gasteiger partial charge in [0.1, 0.15) is 5.65 Å². The minimum Gasteiger partial charge on any atom is -0.306 e. The third-order valence-electron chi connectivity index (χ3n) is 3.48. The number of imidazole rings is 1. The number of aromatic nitrogens is 2. The SMILES string of the molecule is Cc1cc(C)c(-c2cn3ccccc3n2)cc1C. The smallest absolute Gasteiger partial charge is 0.137 e. The van der Waals surface area contributed by atoms with Crippen molar-refractivity contribution < 1.29 is 0 Å². The van der Waals surface area contributed by atoms with E-state index in [9.17, 15) is 0 Å². The molecule has 0 saturated heterocycles. The lowest BCUT2D eigenvalue weighted by Crippen LogP contribution is -1.88. The van der Waals surface area contributed by atoms with Crippen LogP contribution in [0.1, 0.15) is 16.7 Å². The maximum atomic E-state index is 4.68. The van der Waals surface area contributed by atoms with E-state index in [1.54, 1.807) is 0 Å². The van der Waals surface area contributed by atoms with Crippen LogP contribution in [0.25, 0.3) is 16.9 Å². The van der Waals surface area contributed by atoms with Crippen LogP contribution in [0.4, 0.5) is 0 Å². The molecule has 0 atom stereocenters. The average Bonchev–Trinajstić information content (AvgIpc) is 2.77. The molecule has 3 aromatic rings. The molecule has 0 radical (unpaired) electrons. The molecule has 90 valence electrons. The molecule has 0 amide bonds. The van der Waals surface area contributed by atoms with Gasteiger partial charge in [-0.25, -0.2) is 4.98 Å². The standard InChI is InChI=1S/C16H16N2/c1-11-8-13(3)14(9-12(11)2)15-10-18-7-5-4-6-16(18)17-15/h4-10H,1-3H3. The second-order valence-electron chi connectivity index (χ2n) is 4.84. The van der Waals surface area contributed by atoms with Gasteiger partial charge >= 0.3 is 0 Å². The van der Waals surface area contributed by atoms with Crippen LogP contribution in [0.3, 0.4) is 0 Å². The van der Waals surface area contributed by atoms with E-state index in [-0.39, 0.29) is 0 Å². The maximum Gasteiger partial charge on any atom is 0.137 e. The first kappa shape index (κ1) is 11.0. The van der Waals surface area contributed by atoms with Gasteiger partial charge in [-0.1, -0.05) is 12.1 Å². The molecule has 0 aliphatic carbocycles. The molecule has 0 unspecified atom stereocenters. The predicted molar refractivity (Wildman–Crippen MR) is 74.8 cm³/mol. The van der Waals surface area contributed by atoms with Gasteiger partial charge in [0.25, 0.3) is 0 Å². The molecule has 0 saturated carbocycles. The largest absolute Gasteiger partial charge is 0.306 e. The average molecular weight is 236 g/mol. The maximum absolute atomic E-state index is 4.68. The molecule has 18 heavy (non-hydrogen) atoms. The molecule has 2 heterocycles. The second-order valence-corrected chi connectivity index (χ2v) is 4.84. The van der Waals surface area contributed by atoms with Gasteiger partial charge in [-0.15, -0.1) is 0 Å². The Balaban J connectivity index is 2.22. The van der Waals surface area contributed by atoms with Gasteiger partial charge in [0.2, 0.25) is 0 Å². The van der Waals surface area contributed by atoms with Gasteiger partial charge in [-0.05, 0) is 55.7 Å². The van der Waals surface area contributed by atoms with Crippen molar-refractivity contribution in [1.29, 1.82) is 0 Å². The van der Waals surface area contributed by atoms with Crippen molar-refractivity contribution in [2.75, 3.05) is 0 Å². The Morgan fingerprint density at radius 2 is 1.72 bits per heavy atom. The zero-order valence-corrected chi connectivity index (χ0v) is 10.9. The molecular formula is C16H16N2. The summed E-state index contributed by atoms with van der Waals surface area (Å²) in [5.41, 5.74) is 7.18. The van der Waals surface area contributed by atoms with Gasteiger partial charge < -0.3 is 4.40 Å². The van der Waals surface area contributed by atoms with E-state index < -0.39 is 0 Å². The summed E-state index contributed by atoms with van der Waals surface area (Å²) in [5, 5.41) is 0. The van der Waals surface area contributed by atoms with Crippen LogP contribution in [-0.4, -0.2) is 9.38 Å². The molecule has 2 nitrogen and oxygen atoms in total. The molecule has 0 spiro atoms. The molecule has 3 rings (SSSR count). The van der Waals surface area contributed by atoms with E-state index in [1.165, 1.54) is 22.3 Å². The zero-order valence-electron chi connectivity index (χ0n) is 10.9. The minimum absolute atomic E-state index is 0.991. The summed E-state index contributed by atoms with van der Waals surface area (Å²) in [6.45, 7) is 6.44. The monoisotopic (exact) mass is 236 g/mol. The summed E-state index contributed by atoms with van der Waals surface area (Å²) < 4.78 is 2.06. The fourth-order valence-electron chi connectivity index (χ4n) is 2.30. The number of benzene rings is 1. The van der Waals surface area contributed by atoms with Crippen LogP contribution in [0.5, 0.6) is 0 Å². The lowest BCUT2D eigenvalue weighted by Gasteiger charge is -2.07. The highest BCUT2D eigenvalue weighted by Gasteiger charge is 2.08. The van der Waals surface area contributed by atoms with Crippen molar-refractivity contribution in [2.24, 2.45) is 0 Å².